The average molecular weight is 512 g/mol. The molecule has 0 saturated carbocycles. The minimum Gasteiger partial charge on any atom is -0.379 e. The van der Waals surface area contributed by atoms with Crippen molar-refractivity contribution in [3.05, 3.63) is 70.5 Å². The Morgan fingerprint density at radius 2 is 1.69 bits per heavy atom. The number of nitrogens with one attached hydrogen (secondary N) is 2. The molecular weight excluding hydrogens is 482 g/mol. The number of aliphatic imine (C=N–C) groups is 1. The molecule has 2 aromatic rings. The van der Waals surface area contributed by atoms with Crippen molar-refractivity contribution in [3.63, 3.8) is 0 Å². The number of hydrogen-bond donors (Lipinski definition) is 2. The first-order chi connectivity index (χ1) is 13.6. The summed E-state index contributed by atoms with van der Waals surface area (Å²) >= 11 is 0. The predicted octanol–water partition coefficient (Wildman–Crippen LogP) is 3.45. The molecule has 0 bridgehead atoms. The number of rotatable bonds is 6. The van der Waals surface area contributed by atoms with Gasteiger partial charge in [0.15, 0.2) is 5.96 Å². The summed E-state index contributed by atoms with van der Waals surface area (Å²) in [5, 5.41) is 6.62. The smallest absolute Gasteiger partial charge is 0.191 e. The van der Waals surface area contributed by atoms with E-state index in [0.29, 0.717) is 18.7 Å². The van der Waals surface area contributed by atoms with Crippen molar-refractivity contribution < 1.29 is 9.13 Å². The summed E-state index contributed by atoms with van der Waals surface area (Å²) in [5.74, 6) is 0.545. The highest BCUT2D eigenvalue weighted by Gasteiger charge is 2.10. The summed E-state index contributed by atoms with van der Waals surface area (Å²) in [6.45, 7) is 7.62. The predicted molar refractivity (Wildman–Crippen MR) is 126 cm³/mol. The maximum Gasteiger partial charge on any atom is 0.191 e. The number of nitrogens with zero attached hydrogens (tertiary/aromatic N) is 2. The van der Waals surface area contributed by atoms with Crippen LogP contribution in [-0.2, 0) is 24.4 Å². The second-order valence-electron chi connectivity index (χ2n) is 7.07. The molecule has 3 rings (SSSR count). The molecule has 2 aromatic carbocycles. The Hall–Kier alpha value is -1.71. The normalized spacial score (nSPS) is 14.9. The Kier molecular flexibility index (Phi) is 9.83. The van der Waals surface area contributed by atoms with Gasteiger partial charge in [-0.2, -0.15) is 0 Å². The molecule has 0 aromatic heterocycles. The molecule has 2 N–H and O–H groups in total. The first kappa shape index (κ1) is 23.6. The number of morpholine rings is 1. The fraction of sp³-hybridized carbons (Fsp3) is 0.409. The van der Waals surface area contributed by atoms with E-state index >= 15 is 0 Å². The maximum atomic E-state index is 13.4. The van der Waals surface area contributed by atoms with Crippen LogP contribution in [0.4, 0.5) is 4.39 Å². The lowest BCUT2D eigenvalue weighted by Gasteiger charge is -2.26. The van der Waals surface area contributed by atoms with Gasteiger partial charge < -0.3 is 15.4 Å². The third-order valence-corrected chi connectivity index (χ3v) is 4.87. The van der Waals surface area contributed by atoms with E-state index in [-0.39, 0.29) is 29.8 Å². The molecule has 0 amide bonds. The van der Waals surface area contributed by atoms with Gasteiger partial charge in [0.05, 0.1) is 13.2 Å². The number of hydrogen-bond acceptors (Lipinski definition) is 3. The number of halogens is 2. The fourth-order valence-corrected chi connectivity index (χ4v) is 3.26. The molecule has 0 unspecified atom stereocenters. The van der Waals surface area contributed by atoms with Gasteiger partial charge in [0.1, 0.15) is 5.82 Å². The van der Waals surface area contributed by atoms with Gasteiger partial charge in [-0.3, -0.25) is 9.89 Å². The molecule has 0 spiro atoms. The van der Waals surface area contributed by atoms with Crippen LogP contribution in [0.1, 0.15) is 22.3 Å². The highest BCUT2D eigenvalue weighted by molar-refractivity contribution is 14.0. The molecule has 1 saturated heterocycles. The van der Waals surface area contributed by atoms with Crippen molar-refractivity contribution in [2.75, 3.05) is 33.4 Å². The van der Waals surface area contributed by atoms with Crippen LogP contribution in [0.2, 0.25) is 0 Å². The summed E-state index contributed by atoms with van der Waals surface area (Å²) in [7, 11) is 1.75. The van der Waals surface area contributed by atoms with Gasteiger partial charge in [0.25, 0.3) is 0 Å². The minimum absolute atomic E-state index is 0. The lowest BCUT2D eigenvalue weighted by atomic mass is 10.1. The number of benzene rings is 2. The zero-order chi connectivity index (χ0) is 19.8. The molecule has 0 aliphatic carbocycles. The fourth-order valence-electron chi connectivity index (χ4n) is 3.26. The van der Waals surface area contributed by atoms with Crippen LogP contribution in [0.3, 0.4) is 0 Å². The molecule has 0 atom stereocenters. The summed E-state index contributed by atoms with van der Waals surface area (Å²) < 4.78 is 18.8. The van der Waals surface area contributed by atoms with Gasteiger partial charge in [-0.05, 0) is 35.2 Å². The first-order valence-electron chi connectivity index (χ1n) is 9.71. The molecule has 29 heavy (non-hydrogen) atoms. The molecule has 1 aliphatic rings. The van der Waals surface area contributed by atoms with Crippen LogP contribution in [0.15, 0.2) is 47.5 Å². The highest BCUT2D eigenvalue weighted by atomic mass is 127. The van der Waals surface area contributed by atoms with E-state index < -0.39 is 0 Å². The number of ether oxygens (including phenoxy) is 1. The third-order valence-electron chi connectivity index (χ3n) is 4.87. The molecule has 0 radical (unpaired) electrons. The molecular formula is C22H30FIN4O. The second-order valence-corrected chi connectivity index (χ2v) is 7.07. The largest absolute Gasteiger partial charge is 0.379 e. The van der Waals surface area contributed by atoms with Crippen molar-refractivity contribution in [2.24, 2.45) is 4.99 Å². The lowest BCUT2D eigenvalue weighted by Crippen LogP contribution is -2.36. The summed E-state index contributed by atoms with van der Waals surface area (Å²) in [5.41, 5.74) is 4.20. The van der Waals surface area contributed by atoms with Gasteiger partial charge >= 0.3 is 0 Å². The van der Waals surface area contributed by atoms with Crippen molar-refractivity contribution >= 4 is 29.9 Å². The van der Waals surface area contributed by atoms with Gasteiger partial charge in [-0.1, -0.05) is 36.4 Å². The summed E-state index contributed by atoms with van der Waals surface area (Å²) in [6.07, 6.45) is 0. The first-order valence-corrected chi connectivity index (χ1v) is 9.71. The molecule has 1 fully saturated rings. The van der Waals surface area contributed by atoms with E-state index in [9.17, 15) is 4.39 Å². The second kappa shape index (κ2) is 12.1. The van der Waals surface area contributed by atoms with Gasteiger partial charge in [0, 0.05) is 39.8 Å². The molecule has 7 heteroatoms. The maximum absolute atomic E-state index is 13.4. The van der Waals surface area contributed by atoms with Crippen LogP contribution in [-0.4, -0.2) is 44.2 Å². The van der Waals surface area contributed by atoms with E-state index in [2.05, 4.69) is 44.8 Å². The average Bonchev–Trinajstić information content (AvgIpc) is 2.72. The van der Waals surface area contributed by atoms with Crippen LogP contribution in [0.25, 0.3) is 0 Å². The Morgan fingerprint density at radius 1 is 1.03 bits per heavy atom. The van der Waals surface area contributed by atoms with E-state index in [0.717, 1.165) is 44.4 Å². The van der Waals surface area contributed by atoms with Crippen molar-refractivity contribution in [3.8, 4) is 0 Å². The van der Waals surface area contributed by atoms with Crippen LogP contribution >= 0.6 is 24.0 Å². The van der Waals surface area contributed by atoms with Crippen molar-refractivity contribution in [1.82, 2.24) is 15.5 Å². The highest BCUT2D eigenvalue weighted by Crippen LogP contribution is 2.11. The van der Waals surface area contributed by atoms with E-state index in [4.69, 9.17) is 4.74 Å². The topological polar surface area (TPSA) is 48.9 Å². The molecule has 158 valence electrons. The van der Waals surface area contributed by atoms with Crippen LogP contribution < -0.4 is 10.6 Å². The quantitative estimate of drug-likeness (QED) is 0.354. The zero-order valence-corrected chi connectivity index (χ0v) is 19.4. The standard InChI is InChI=1S/C22H29FN4O.HI/c1-17-12-19(6-7-21(17)23)15-26-22(24-2)25-14-18-4-3-5-20(13-18)16-27-8-10-28-11-9-27;/h3-7,12-13H,8-11,14-16H2,1-2H3,(H2,24,25,26);1H. The Balaban J connectivity index is 0.00000300. The van der Waals surface area contributed by atoms with E-state index in [1.54, 1.807) is 20.0 Å². The van der Waals surface area contributed by atoms with E-state index in [1.165, 1.54) is 17.2 Å². The van der Waals surface area contributed by atoms with Gasteiger partial charge in [-0.25, -0.2) is 4.39 Å². The van der Waals surface area contributed by atoms with Crippen molar-refractivity contribution in [1.29, 1.82) is 0 Å². The monoisotopic (exact) mass is 512 g/mol. The molecule has 1 aliphatic heterocycles. The van der Waals surface area contributed by atoms with Crippen LogP contribution in [0.5, 0.6) is 0 Å². The Bertz CT molecular complexity index is 809. The third kappa shape index (κ3) is 7.56. The van der Waals surface area contributed by atoms with Crippen LogP contribution in [0, 0.1) is 12.7 Å². The number of guanidine groups is 1. The minimum atomic E-state index is -0.178. The van der Waals surface area contributed by atoms with Gasteiger partial charge in [0.2, 0.25) is 0 Å². The van der Waals surface area contributed by atoms with Gasteiger partial charge in [-0.15, -0.1) is 24.0 Å². The Labute approximate surface area is 189 Å². The lowest BCUT2D eigenvalue weighted by molar-refractivity contribution is 0.0342. The van der Waals surface area contributed by atoms with Crippen molar-refractivity contribution in [2.45, 2.75) is 26.6 Å². The van der Waals surface area contributed by atoms with E-state index in [1.807, 2.05) is 6.07 Å². The zero-order valence-electron chi connectivity index (χ0n) is 17.1. The molecule has 5 nitrogen and oxygen atoms in total. The number of aryl methyl sites for hydroxylation is 1. The Morgan fingerprint density at radius 3 is 2.34 bits per heavy atom. The SMILES string of the molecule is CN=C(NCc1cccc(CN2CCOCC2)c1)NCc1ccc(F)c(C)c1.I. The molecule has 1 heterocycles. The summed E-state index contributed by atoms with van der Waals surface area (Å²) in [6, 6.07) is 13.8. The summed E-state index contributed by atoms with van der Waals surface area (Å²) in [4.78, 5) is 6.69.